The average Bonchev–Trinajstić information content (AvgIpc) is 3.35. The smallest absolute Gasteiger partial charge is 0.402 e. The molecule has 0 radical (unpaired) electrons. The van der Waals surface area contributed by atoms with Gasteiger partial charge >= 0.3 is 7.12 Å². The molecular formula is C29H41BN2O3. The van der Waals surface area contributed by atoms with Crippen LogP contribution in [-0.2, 0) is 20.5 Å². The second kappa shape index (κ2) is 9.87. The highest BCUT2D eigenvalue weighted by Gasteiger charge is 2.56. The van der Waals surface area contributed by atoms with Crippen LogP contribution in [0.4, 0.5) is 0 Å². The number of rotatable bonds is 6. The maximum atomic E-state index is 13.2. The van der Waals surface area contributed by atoms with Gasteiger partial charge in [0.2, 0.25) is 5.91 Å². The molecule has 35 heavy (non-hydrogen) atoms. The summed E-state index contributed by atoms with van der Waals surface area (Å²) in [5.74, 6) is 0.562. The van der Waals surface area contributed by atoms with Crippen molar-refractivity contribution in [2.24, 2.45) is 0 Å². The Bertz CT molecular complexity index is 999. The predicted octanol–water partition coefficient (Wildman–Crippen LogP) is 4.97. The topological polar surface area (TPSA) is 50.8 Å². The number of benzene rings is 1. The number of nitrogens with one attached hydrogen (secondary N) is 1. The number of aryl methyl sites for hydroxylation is 1. The molecule has 2 unspecified atom stereocenters. The number of hydrogen-bond acceptors (Lipinski definition) is 4. The Morgan fingerprint density at radius 1 is 1.11 bits per heavy atom. The monoisotopic (exact) mass is 476 g/mol. The Labute approximate surface area is 211 Å². The standard InChI is InChI=1S/C29H41BN2O3/c1-28(2)29(3,4)35-30(34-28)26-14-9-19-32(26)27(33)20-31-18-17-25-23-12-7-5-10-21(23)15-16-22-11-6-8-13-24(22)25/h5,7-8,10,12-13,25-26,31H,6,9,11,14-20H2,1-4H3. The van der Waals surface area contributed by atoms with E-state index in [9.17, 15) is 4.79 Å². The van der Waals surface area contributed by atoms with Crippen LogP contribution in [0.25, 0.3) is 0 Å². The first-order valence-electron chi connectivity index (χ1n) is 13.6. The predicted molar refractivity (Wildman–Crippen MR) is 141 cm³/mol. The first-order valence-corrected chi connectivity index (χ1v) is 13.6. The first kappa shape index (κ1) is 24.8. The molecule has 1 amide bonds. The van der Waals surface area contributed by atoms with E-state index in [2.05, 4.69) is 69.4 Å². The van der Waals surface area contributed by atoms with Crippen molar-refractivity contribution in [3.05, 3.63) is 58.7 Å². The van der Waals surface area contributed by atoms with Crippen LogP contribution in [0.5, 0.6) is 0 Å². The van der Waals surface area contributed by atoms with Crippen LogP contribution in [-0.4, -0.2) is 54.7 Å². The number of carbonyl (C=O) groups excluding carboxylic acids is 1. The second-order valence-electron chi connectivity index (χ2n) is 11.6. The van der Waals surface area contributed by atoms with E-state index in [-0.39, 0.29) is 30.2 Å². The number of fused-ring (bicyclic) bond motifs is 1. The lowest BCUT2D eigenvalue weighted by atomic mass is 9.76. The molecule has 0 saturated carbocycles. The highest BCUT2D eigenvalue weighted by atomic mass is 16.7. The number of allylic oxidation sites excluding steroid dienone is 4. The van der Waals surface area contributed by atoms with E-state index in [1.807, 2.05) is 4.90 Å². The third-order valence-electron chi connectivity index (χ3n) is 8.91. The van der Waals surface area contributed by atoms with Crippen LogP contribution >= 0.6 is 0 Å². The Kier molecular flexibility index (Phi) is 6.99. The van der Waals surface area contributed by atoms with E-state index in [1.54, 1.807) is 5.57 Å². The van der Waals surface area contributed by atoms with Crippen LogP contribution in [0.15, 0.2) is 47.6 Å². The zero-order chi connectivity index (χ0) is 24.6. The van der Waals surface area contributed by atoms with Crippen molar-refractivity contribution in [3.8, 4) is 0 Å². The molecule has 5 rings (SSSR count). The van der Waals surface area contributed by atoms with Gasteiger partial charge in [-0.2, -0.15) is 0 Å². The van der Waals surface area contributed by atoms with Gasteiger partial charge in [-0.1, -0.05) is 42.0 Å². The summed E-state index contributed by atoms with van der Waals surface area (Å²) in [6, 6.07) is 8.94. The minimum atomic E-state index is -0.372. The van der Waals surface area contributed by atoms with Crippen LogP contribution in [0.2, 0.25) is 0 Å². The summed E-state index contributed by atoms with van der Waals surface area (Å²) in [5.41, 5.74) is 5.37. The van der Waals surface area contributed by atoms with Gasteiger partial charge < -0.3 is 19.5 Å². The minimum absolute atomic E-state index is 0.000765. The number of amides is 1. The van der Waals surface area contributed by atoms with Crippen LogP contribution < -0.4 is 5.32 Å². The van der Waals surface area contributed by atoms with Crippen molar-refractivity contribution < 1.29 is 14.1 Å². The number of hydrogen-bond donors (Lipinski definition) is 1. The summed E-state index contributed by atoms with van der Waals surface area (Å²) in [6.45, 7) is 10.3. The molecule has 1 aromatic rings. The van der Waals surface area contributed by atoms with E-state index in [0.717, 1.165) is 45.2 Å². The highest BCUT2D eigenvalue weighted by Crippen LogP contribution is 2.41. The average molecular weight is 476 g/mol. The molecule has 2 aliphatic carbocycles. The van der Waals surface area contributed by atoms with E-state index in [0.29, 0.717) is 12.5 Å². The lowest BCUT2D eigenvalue weighted by Crippen LogP contribution is -2.49. The van der Waals surface area contributed by atoms with Gasteiger partial charge in [-0.3, -0.25) is 4.79 Å². The summed E-state index contributed by atoms with van der Waals surface area (Å²) in [6.07, 6.45) is 12.3. The van der Waals surface area contributed by atoms with Crippen molar-refractivity contribution in [2.45, 2.75) is 95.7 Å². The zero-order valence-electron chi connectivity index (χ0n) is 21.9. The SMILES string of the molecule is CC1(C)OB(C2CCCN2C(=O)CNCCC2C3=C(CCC=C3)CCc3ccccc32)OC1(C)C. The van der Waals surface area contributed by atoms with Gasteiger partial charge in [0.1, 0.15) is 0 Å². The number of nitrogens with zero attached hydrogens (tertiary/aromatic N) is 1. The molecule has 2 atom stereocenters. The third kappa shape index (κ3) is 4.90. The summed E-state index contributed by atoms with van der Waals surface area (Å²) < 4.78 is 12.6. The van der Waals surface area contributed by atoms with Crippen molar-refractivity contribution in [1.29, 1.82) is 0 Å². The Balaban J connectivity index is 1.19. The van der Waals surface area contributed by atoms with Gasteiger partial charge in [-0.15, -0.1) is 0 Å². The van der Waals surface area contributed by atoms with Gasteiger partial charge in [0, 0.05) is 12.5 Å². The van der Waals surface area contributed by atoms with Gasteiger partial charge in [0.25, 0.3) is 0 Å². The lowest BCUT2D eigenvalue weighted by molar-refractivity contribution is -0.130. The van der Waals surface area contributed by atoms with Crippen LogP contribution in [0, 0.1) is 0 Å². The molecule has 6 heteroatoms. The summed E-state index contributed by atoms with van der Waals surface area (Å²) in [4.78, 5) is 15.2. The molecule has 1 N–H and O–H groups in total. The third-order valence-corrected chi connectivity index (χ3v) is 8.91. The minimum Gasteiger partial charge on any atom is -0.402 e. The van der Waals surface area contributed by atoms with E-state index in [1.165, 1.54) is 29.5 Å². The Morgan fingerprint density at radius 3 is 2.69 bits per heavy atom. The summed E-state index contributed by atoms with van der Waals surface area (Å²) in [7, 11) is -0.350. The molecule has 5 nitrogen and oxygen atoms in total. The normalized spacial score (nSPS) is 27.1. The van der Waals surface area contributed by atoms with Crippen molar-refractivity contribution in [3.63, 3.8) is 0 Å². The maximum absolute atomic E-state index is 13.2. The Hall–Kier alpha value is -1.89. The lowest BCUT2D eigenvalue weighted by Gasteiger charge is -2.32. The fraction of sp³-hybridized carbons (Fsp3) is 0.621. The number of carbonyl (C=O) groups is 1. The van der Waals surface area contributed by atoms with E-state index >= 15 is 0 Å². The molecule has 4 aliphatic rings. The largest absolute Gasteiger partial charge is 0.482 e. The zero-order valence-corrected chi connectivity index (χ0v) is 21.9. The maximum Gasteiger partial charge on any atom is 0.482 e. The molecule has 0 spiro atoms. The molecule has 1 aromatic carbocycles. The van der Waals surface area contributed by atoms with Crippen molar-refractivity contribution >= 4 is 13.0 Å². The molecular weight excluding hydrogens is 435 g/mol. The van der Waals surface area contributed by atoms with Crippen LogP contribution in [0.3, 0.4) is 0 Å². The molecule has 2 saturated heterocycles. The Morgan fingerprint density at radius 2 is 1.89 bits per heavy atom. The first-order chi connectivity index (χ1) is 16.8. The highest BCUT2D eigenvalue weighted by molar-refractivity contribution is 6.48. The molecule has 2 fully saturated rings. The van der Waals surface area contributed by atoms with Gasteiger partial charge in [0.15, 0.2) is 0 Å². The van der Waals surface area contributed by atoms with Gasteiger partial charge in [-0.05, 0) is 95.9 Å². The van der Waals surface area contributed by atoms with Gasteiger partial charge in [-0.25, -0.2) is 0 Å². The van der Waals surface area contributed by atoms with Gasteiger partial charge in [0.05, 0.1) is 23.7 Å². The molecule has 188 valence electrons. The van der Waals surface area contributed by atoms with E-state index < -0.39 is 0 Å². The fourth-order valence-corrected chi connectivity index (χ4v) is 6.20. The second-order valence-corrected chi connectivity index (χ2v) is 11.6. The number of likely N-dealkylation sites (tertiary alicyclic amines) is 1. The van der Waals surface area contributed by atoms with E-state index in [4.69, 9.17) is 9.31 Å². The van der Waals surface area contributed by atoms with Crippen LogP contribution in [0.1, 0.15) is 83.3 Å². The molecule has 0 bridgehead atoms. The molecule has 2 heterocycles. The molecule has 0 aromatic heterocycles. The van der Waals surface area contributed by atoms with Crippen molar-refractivity contribution in [1.82, 2.24) is 10.2 Å². The fourth-order valence-electron chi connectivity index (χ4n) is 6.20. The summed E-state index contributed by atoms with van der Waals surface area (Å²) >= 11 is 0. The van der Waals surface area contributed by atoms with Crippen molar-refractivity contribution in [2.75, 3.05) is 19.6 Å². The quantitative estimate of drug-likeness (QED) is 0.466. The summed E-state index contributed by atoms with van der Waals surface area (Å²) in [5, 5.41) is 3.48. The molecule has 2 aliphatic heterocycles.